The van der Waals surface area contributed by atoms with Crippen LogP contribution in [0.5, 0.6) is 5.75 Å². The summed E-state index contributed by atoms with van der Waals surface area (Å²) in [6.07, 6.45) is 5.02. The molecule has 0 spiro atoms. The Labute approximate surface area is 184 Å². The SMILES string of the molecule is C/C(=N\[S@@](=O)C(C)(C)C)c1ccc2cc(OC3CCC(C(C)(C)C)CC3)ccc2n1. The molecule has 4 nitrogen and oxygen atoms in total. The van der Waals surface area contributed by atoms with E-state index in [1.807, 2.05) is 52.0 Å². The zero-order chi connectivity index (χ0) is 22.1. The summed E-state index contributed by atoms with van der Waals surface area (Å²) in [6.45, 7) is 14.7. The molecule has 0 saturated heterocycles. The first-order valence-corrected chi connectivity index (χ1v) is 12.1. The first-order valence-electron chi connectivity index (χ1n) is 11.0. The Bertz CT molecular complexity index is 946. The molecular weight excluding hydrogens is 392 g/mol. The summed E-state index contributed by atoms with van der Waals surface area (Å²) >= 11 is 0. The number of benzene rings is 1. The molecule has 2 aromatic rings. The van der Waals surface area contributed by atoms with E-state index in [0.717, 1.165) is 41.1 Å². The van der Waals surface area contributed by atoms with Crippen molar-refractivity contribution in [1.29, 1.82) is 0 Å². The fourth-order valence-corrected chi connectivity index (χ4v) is 4.54. The lowest BCUT2D eigenvalue weighted by molar-refractivity contribution is 0.0883. The van der Waals surface area contributed by atoms with Gasteiger partial charge in [0.25, 0.3) is 0 Å². The molecule has 1 atom stereocenters. The van der Waals surface area contributed by atoms with Crippen molar-refractivity contribution in [3.05, 3.63) is 36.0 Å². The molecule has 1 aromatic carbocycles. The molecule has 5 heteroatoms. The third kappa shape index (κ3) is 5.69. The van der Waals surface area contributed by atoms with E-state index in [9.17, 15) is 4.21 Å². The molecule has 0 bridgehead atoms. The van der Waals surface area contributed by atoms with Gasteiger partial charge in [-0.25, -0.2) is 9.19 Å². The maximum Gasteiger partial charge on any atom is 0.145 e. The van der Waals surface area contributed by atoms with E-state index in [1.165, 1.54) is 12.8 Å². The highest BCUT2D eigenvalue weighted by molar-refractivity contribution is 7.85. The van der Waals surface area contributed by atoms with Crippen LogP contribution in [0.25, 0.3) is 10.9 Å². The van der Waals surface area contributed by atoms with Crippen LogP contribution in [0.3, 0.4) is 0 Å². The predicted molar refractivity (Wildman–Crippen MR) is 128 cm³/mol. The van der Waals surface area contributed by atoms with Gasteiger partial charge < -0.3 is 4.74 Å². The molecule has 1 aliphatic rings. The van der Waals surface area contributed by atoms with Crippen LogP contribution in [-0.4, -0.2) is 25.8 Å². The van der Waals surface area contributed by atoms with Crippen LogP contribution in [0, 0.1) is 11.3 Å². The molecule has 1 fully saturated rings. The lowest BCUT2D eigenvalue weighted by Gasteiger charge is -2.36. The number of aromatic nitrogens is 1. The van der Waals surface area contributed by atoms with Gasteiger partial charge in [0.2, 0.25) is 0 Å². The van der Waals surface area contributed by atoms with Gasteiger partial charge >= 0.3 is 0 Å². The third-order valence-corrected chi connectivity index (χ3v) is 7.46. The second-order valence-corrected chi connectivity index (χ2v) is 12.5. The summed E-state index contributed by atoms with van der Waals surface area (Å²) in [4.78, 5) is 4.71. The Hall–Kier alpha value is -1.75. The minimum absolute atomic E-state index is 0.301. The van der Waals surface area contributed by atoms with Crippen molar-refractivity contribution in [3.63, 3.8) is 0 Å². The highest BCUT2D eigenvalue weighted by Gasteiger charge is 2.30. The van der Waals surface area contributed by atoms with Gasteiger partial charge in [0.1, 0.15) is 16.7 Å². The number of hydrogen-bond acceptors (Lipinski definition) is 3. The fourth-order valence-electron chi connectivity index (χ4n) is 3.93. The van der Waals surface area contributed by atoms with E-state index in [0.29, 0.717) is 17.2 Å². The molecule has 0 radical (unpaired) electrons. The molecule has 0 unspecified atom stereocenters. The van der Waals surface area contributed by atoms with E-state index >= 15 is 0 Å². The Morgan fingerprint density at radius 2 is 1.70 bits per heavy atom. The average molecular weight is 429 g/mol. The smallest absolute Gasteiger partial charge is 0.145 e. The number of ether oxygens (including phenoxy) is 1. The molecule has 0 amide bonds. The summed E-state index contributed by atoms with van der Waals surface area (Å²) in [7, 11) is -1.29. The normalized spacial score (nSPS) is 22.2. The largest absolute Gasteiger partial charge is 0.490 e. The maximum absolute atomic E-state index is 12.3. The number of pyridine rings is 1. The Kier molecular flexibility index (Phi) is 6.71. The lowest BCUT2D eigenvalue weighted by atomic mass is 9.72. The van der Waals surface area contributed by atoms with Crippen LogP contribution in [-0.2, 0) is 11.0 Å². The Morgan fingerprint density at radius 3 is 2.30 bits per heavy atom. The first kappa shape index (κ1) is 22.9. The van der Waals surface area contributed by atoms with Gasteiger partial charge in [0.05, 0.1) is 27.8 Å². The van der Waals surface area contributed by atoms with Crippen LogP contribution in [0.15, 0.2) is 34.7 Å². The monoisotopic (exact) mass is 428 g/mol. The zero-order valence-electron chi connectivity index (χ0n) is 19.5. The molecule has 30 heavy (non-hydrogen) atoms. The molecule has 1 aromatic heterocycles. The molecule has 1 heterocycles. The molecule has 1 aliphatic carbocycles. The minimum Gasteiger partial charge on any atom is -0.490 e. The Balaban J connectivity index is 1.70. The molecule has 164 valence electrons. The fraction of sp³-hybridized carbons (Fsp3) is 0.600. The van der Waals surface area contributed by atoms with Crippen molar-refractivity contribution in [1.82, 2.24) is 4.98 Å². The van der Waals surface area contributed by atoms with Crippen molar-refractivity contribution in [2.24, 2.45) is 15.7 Å². The summed E-state index contributed by atoms with van der Waals surface area (Å²) in [5, 5.41) is 1.05. The summed E-state index contributed by atoms with van der Waals surface area (Å²) in [5.74, 6) is 1.70. The minimum atomic E-state index is -1.29. The van der Waals surface area contributed by atoms with Gasteiger partial charge in [-0.3, -0.25) is 0 Å². The van der Waals surface area contributed by atoms with Crippen LogP contribution in [0.1, 0.15) is 79.8 Å². The van der Waals surface area contributed by atoms with E-state index in [-0.39, 0.29) is 4.75 Å². The summed E-state index contributed by atoms with van der Waals surface area (Å²) in [5.41, 5.74) is 2.74. The topological polar surface area (TPSA) is 51.5 Å². The second kappa shape index (κ2) is 8.78. The van der Waals surface area contributed by atoms with Gasteiger partial charge in [-0.1, -0.05) is 26.8 Å². The van der Waals surface area contributed by atoms with Crippen molar-refractivity contribution >= 4 is 27.6 Å². The average Bonchev–Trinajstić information content (AvgIpc) is 2.66. The highest BCUT2D eigenvalue weighted by Crippen LogP contribution is 2.38. The van der Waals surface area contributed by atoms with Crippen LogP contribution in [0.2, 0.25) is 0 Å². The maximum atomic E-state index is 12.3. The molecule has 3 rings (SSSR count). The number of fused-ring (bicyclic) bond motifs is 1. The summed E-state index contributed by atoms with van der Waals surface area (Å²) < 4.78 is 22.6. The third-order valence-electron chi connectivity index (χ3n) is 5.98. The van der Waals surface area contributed by atoms with Gasteiger partial charge in [-0.2, -0.15) is 4.40 Å². The van der Waals surface area contributed by atoms with Gasteiger partial charge in [0, 0.05) is 5.39 Å². The van der Waals surface area contributed by atoms with E-state index in [2.05, 4.69) is 31.2 Å². The molecular formula is C25H36N2O2S. The molecule has 0 N–H and O–H groups in total. The van der Waals surface area contributed by atoms with E-state index in [1.54, 1.807) is 0 Å². The van der Waals surface area contributed by atoms with Gasteiger partial charge in [0.15, 0.2) is 0 Å². The number of nitrogens with zero attached hydrogens (tertiary/aromatic N) is 2. The lowest BCUT2D eigenvalue weighted by Crippen LogP contribution is -2.30. The molecule has 0 aliphatic heterocycles. The first-order chi connectivity index (χ1) is 13.9. The van der Waals surface area contributed by atoms with Gasteiger partial charge in [-0.05, 0) is 89.0 Å². The number of rotatable bonds is 4. The quantitative estimate of drug-likeness (QED) is 0.523. The van der Waals surface area contributed by atoms with Crippen LogP contribution >= 0.6 is 0 Å². The zero-order valence-corrected chi connectivity index (χ0v) is 20.3. The molecule has 1 saturated carbocycles. The second-order valence-electron chi connectivity index (χ2n) is 10.5. The van der Waals surface area contributed by atoms with Gasteiger partial charge in [-0.15, -0.1) is 0 Å². The predicted octanol–water partition coefficient (Wildman–Crippen LogP) is 6.49. The van der Waals surface area contributed by atoms with E-state index < -0.39 is 11.0 Å². The van der Waals surface area contributed by atoms with Crippen molar-refractivity contribution in [2.45, 2.75) is 85.0 Å². The standard InChI is InChI=1S/C25H36N2O2S/c1-17(27-30(28)25(5,6)7)22-14-8-18-16-21(13-15-23(18)26-22)29-20-11-9-19(10-12-20)24(2,3)4/h8,13-16,19-20H,9-12H2,1-7H3/b27-17+/t19?,20?,30-/m0/s1. The summed E-state index contributed by atoms with van der Waals surface area (Å²) in [6, 6.07) is 10.1. The van der Waals surface area contributed by atoms with E-state index in [4.69, 9.17) is 9.72 Å². The Morgan fingerprint density at radius 1 is 1.03 bits per heavy atom. The van der Waals surface area contributed by atoms with Crippen molar-refractivity contribution < 1.29 is 8.95 Å². The number of hydrogen-bond donors (Lipinski definition) is 0. The van der Waals surface area contributed by atoms with Crippen LogP contribution in [0.4, 0.5) is 0 Å². The van der Waals surface area contributed by atoms with Crippen LogP contribution < -0.4 is 4.74 Å². The van der Waals surface area contributed by atoms with Crippen molar-refractivity contribution in [3.8, 4) is 5.75 Å². The van der Waals surface area contributed by atoms with Crippen molar-refractivity contribution in [2.75, 3.05) is 0 Å². The highest BCUT2D eigenvalue weighted by atomic mass is 32.2.